The molecule has 274 valence electrons. The van der Waals surface area contributed by atoms with Gasteiger partial charge in [-0.15, -0.1) is 11.3 Å². The summed E-state index contributed by atoms with van der Waals surface area (Å²) < 4.78 is 34.2. The zero-order valence-corrected chi connectivity index (χ0v) is 31.9. The van der Waals surface area contributed by atoms with Crippen molar-refractivity contribution in [1.29, 1.82) is 0 Å². The van der Waals surface area contributed by atoms with E-state index in [1.165, 1.54) is 33.8 Å². The van der Waals surface area contributed by atoms with Crippen LogP contribution in [0.15, 0.2) is 58.8 Å². The second-order valence-corrected chi connectivity index (χ2v) is 17.4. The van der Waals surface area contributed by atoms with Gasteiger partial charge in [0, 0.05) is 38.7 Å². The molecular formula is C35H49ClN6O6S2. The van der Waals surface area contributed by atoms with Crippen LogP contribution in [0.4, 0.5) is 10.5 Å². The third-order valence-corrected chi connectivity index (χ3v) is 11.4. The Kier molecular flexibility index (Phi) is 13.3. The molecule has 12 nitrogen and oxygen atoms in total. The maximum Gasteiger partial charge on any atom is 0.321 e. The normalized spacial score (nSPS) is 15.9. The summed E-state index contributed by atoms with van der Waals surface area (Å²) in [6, 6.07) is 11.4. The second-order valence-electron chi connectivity index (χ2n) is 14.1. The molecule has 3 amide bonds. The fourth-order valence-electron chi connectivity index (χ4n) is 6.06. The van der Waals surface area contributed by atoms with Gasteiger partial charge in [-0.2, -0.15) is 4.31 Å². The summed E-state index contributed by atoms with van der Waals surface area (Å²) in [5.74, 6) is -0.513. The number of nitrogen functional groups attached to an aromatic ring is 1. The van der Waals surface area contributed by atoms with Gasteiger partial charge in [0.2, 0.25) is 15.9 Å². The molecule has 1 aromatic heterocycles. The molecule has 2 heterocycles. The Morgan fingerprint density at radius 3 is 2.48 bits per heavy atom. The minimum Gasteiger partial charge on any atom is -0.397 e. The Bertz CT molecular complexity index is 1720. The maximum atomic E-state index is 14.3. The number of hydrogen-bond acceptors (Lipinski definition) is 9. The zero-order chi connectivity index (χ0) is 36.8. The van der Waals surface area contributed by atoms with Crippen molar-refractivity contribution in [1.82, 2.24) is 24.4 Å². The van der Waals surface area contributed by atoms with Crippen LogP contribution >= 0.6 is 22.9 Å². The van der Waals surface area contributed by atoms with E-state index in [1.807, 2.05) is 70.3 Å². The Hall–Kier alpha value is -3.27. The predicted octanol–water partition coefficient (Wildman–Crippen LogP) is 4.61. The highest BCUT2D eigenvalue weighted by molar-refractivity contribution is 7.89. The number of carbonyl (C=O) groups is 2. The lowest BCUT2D eigenvalue weighted by Crippen LogP contribution is -2.59. The van der Waals surface area contributed by atoms with Gasteiger partial charge in [0.15, 0.2) is 0 Å². The van der Waals surface area contributed by atoms with Crippen LogP contribution in [-0.2, 0) is 39.1 Å². The molecule has 1 aliphatic heterocycles. The van der Waals surface area contributed by atoms with Crippen LogP contribution in [0.5, 0.6) is 0 Å². The second kappa shape index (κ2) is 16.8. The van der Waals surface area contributed by atoms with Crippen molar-refractivity contribution in [2.45, 2.75) is 77.3 Å². The Morgan fingerprint density at radius 2 is 1.86 bits per heavy atom. The molecule has 1 aliphatic rings. The van der Waals surface area contributed by atoms with Gasteiger partial charge < -0.3 is 30.7 Å². The summed E-state index contributed by atoms with van der Waals surface area (Å²) in [5, 5.41) is 17.8. The smallest absolute Gasteiger partial charge is 0.321 e. The first-order valence-corrected chi connectivity index (χ1v) is 19.3. The van der Waals surface area contributed by atoms with E-state index in [0.717, 1.165) is 16.3 Å². The monoisotopic (exact) mass is 748 g/mol. The molecule has 15 heteroatoms. The summed E-state index contributed by atoms with van der Waals surface area (Å²) in [6.07, 6.45) is -1.09. The average Bonchev–Trinajstić information content (AvgIpc) is 3.63. The molecule has 1 unspecified atom stereocenters. The molecule has 2 aromatic carbocycles. The molecule has 0 aliphatic carbocycles. The number of aliphatic hydroxyl groups excluding tert-OH is 1. The molecular weight excluding hydrogens is 700 g/mol. The van der Waals surface area contributed by atoms with Gasteiger partial charge in [-0.05, 0) is 41.5 Å². The lowest BCUT2D eigenvalue weighted by atomic mass is 9.84. The van der Waals surface area contributed by atoms with Gasteiger partial charge in [-0.3, -0.25) is 4.79 Å². The number of sulfonamides is 1. The molecule has 3 atom stereocenters. The highest BCUT2D eigenvalue weighted by Crippen LogP contribution is 2.30. The van der Waals surface area contributed by atoms with Crippen LogP contribution in [0.1, 0.15) is 50.9 Å². The lowest BCUT2D eigenvalue weighted by Gasteiger charge is -2.38. The van der Waals surface area contributed by atoms with Crippen molar-refractivity contribution in [3.05, 3.63) is 75.2 Å². The summed E-state index contributed by atoms with van der Waals surface area (Å²) in [7, 11) is -2.50. The van der Waals surface area contributed by atoms with Crippen molar-refractivity contribution in [2.24, 2.45) is 11.3 Å². The van der Waals surface area contributed by atoms with Crippen molar-refractivity contribution in [2.75, 3.05) is 39.0 Å². The molecule has 0 radical (unpaired) electrons. The topological polar surface area (TPSA) is 158 Å². The first-order valence-electron chi connectivity index (χ1n) is 16.6. The number of benzene rings is 2. The van der Waals surface area contributed by atoms with E-state index >= 15 is 0 Å². The number of halogens is 1. The van der Waals surface area contributed by atoms with E-state index in [9.17, 15) is 23.1 Å². The van der Waals surface area contributed by atoms with Gasteiger partial charge in [-0.25, -0.2) is 18.2 Å². The van der Waals surface area contributed by atoms with Gasteiger partial charge in [0.25, 0.3) is 0 Å². The number of hydrogen-bond donors (Lipinski definition) is 3. The molecule has 4 N–H and O–H groups in total. The van der Waals surface area contributed by atoms with E-state index < -0.39 is 39.5 Å². The van der Waals surface area contributed by atoms with Crippen LogP contribution in [0.2, 0.25) is 5.02 Å². The Labute approximate surface area is 304 Å². The minimum absolute atomic E-state index is 0.0478. The Morgan fingerprint density at radius 1 is 1.16 bits per heavy atom. The van der Waals surface area contributed by atoms with E-state index in [1.54, 1.807) is 16.9 Å². The number of aliphatic hydroxyl groups is 1. The minimum atomic E-state index is -4.11. The molecule has 1 fully saturated rings. The fourth-order valence-corrected chi connectivity index (χ4v) is 8.59. The molecule has 0 saturated carbocycles. The summed E-state index contributed by atoms with van der Waals surface area (Å²) >= 11 is 7.53. The van der Waals surface area contributed by atoms with Gasteiger partial charge in [0.1, 0.15) is 11.0 Å². The molecule has 3 aromatic rings. The van der Waals surface area contributed by atoms with Crippen molar-refractivity contribution >= 4 is 50.6 Å². The number of rotatable bonds is 16. The number of urea groups is 1. The van der Waals surface area contributed by atoms with Crippen molar-refractivity contribution in [3.8, 4) is 0 Å². The van der Waals surface area contributed by atoms with Crippen LogP contribution in [0.25, 0.3) is 0 Å². The van der Waals surface area contributed by atoms with E-state index in [-0.39, 0.29) is 47.1 Å². The molecule has 0 bridgehead atoms. The average molecular weight is 749 g/mol. The number of carbonyl (C=O) groups excluding carboxylic acids is 2. The number of nitrogens with two attached hydrogens (primary N) is 1. The number of amides is 3. The third-order valence-electron chi connectivity index (χ3n) is 8.38. The number of thiazole rings is 1. The number of aromatic nitrogens is 1. The quantitative estimate of drug-likeness (QED) is 0.179. The fraction of sp³-hybridized carbons (Fsp3) is 0.514. The van der Waals surface area contributed by atoms with Gasteiger partial charge >= 0.3 is 6.03 Å². The highest BCUT2D eigenvalue weighted by Gasteiger charge is 2.44. The maximum absolute atomic E-state index is 14.3. The Balaban J connectivity index is 1.59. The summed E-state index contributed by atoms with van der Waals surface area (Å²) in [5.41, 5.74) is 6.98. The third kappa shape index (κ3) is 9.95. The largest absolute Gasteiger partial charge is 0.397 e. The van der Waals surface area contributed by atoms with E-state index in [4.69, 9.17) is 22.1 Å². The first kappa shape index (κ1) is 39.5. The summed E-state index contributed by atoms with van der Waals surface area (Å²) in [6.45, 7) is 10.7. The van der Waals surface area contributed by atoms with Crippen LogP contribution in [0, 0.1) is 11.3 Å². The van der Waals surface area contributed by atoms with Crippen LogP contribution in [0.3, 0.4) is 0 Å². The van der Waals surface area contributed by atoms with Crippen molar-refractivity contribution in [3.63, 3.8) is 0 Å². The van der Waals surface area contributed by atoms with Crippen LogP contribution < -0.4 is 11.1 Å². The number of methoxy groups -OCH3 is 1. The number of nitrogens with zero attached hydrogens (tertiary/aromatic N) is 4. The molecule has 0 spiro atoms. The molecule has 4 rings (SSSR count). The van der Waals surface area contributed by atoms with E-state index in [0.29, 0.717) is 26.2 Å². The van der Waals surface area contributed by atoms with Gasteiger partial charge in [-0.1, -0.05) is 76.6 Å². The molecule has 1 saturated heterocycles. The van der Waals surface area contributed by atoms with Crippen molar-refractivity contribution < 1.29 is 27.9 Å². The highest BCUT2D eigenvalue weighted by atomic mass is 35.5. The standard InChI is InChI=1S/C35H49ClN6O6S2/c1-23(2)18-41(50(46,47)26-12-13-27(36)28(37)17-26)20-30(43)29(16-24-10-8-7-9-11-24)39-33(44)32(35(3,4)5)42-15-14-40(34(42)45)19-25-22-49-31(38-25)21-48-6/h7-13,17,22-23,29-30,32,43H,14-16,18-21,37H2,1-6H3,(H,39,44)/t29-,30?,32+/m0/s1. The predicted molar refractivity (Wildman–Crippen MR) is 196 cm³/mol. The van der Waals surface area contributed by atoms with Crippen LogP contribution in [-0.4, -0.2) is 96.0 Å². The van der Waals surface area contributed by atoms with E-state index in [2.05, 4.69) is 10.3 Å². The van der Waals surface area contributed by atoms with Gasteiger partial charge in [0.05, 0.1) is 46.6 Å². The summed E-state index contributed by atoms with van der Waals surface area (Å²) in [4.78, 5) is 35.8. The number of ether oxygens (including phenoxy) is 1. The first-order chi connectivity index (χ1) is 23.5. The molecule has 50 heavy (non-hydrogen) atoms. The lowest BCUT2D eigenvalue weighted by molar-refractivity contribution is -0.130. The SMILES string of the molecule is COCc1nc(CN2CCN([C@H](C(=O)N[C@@H](Cc3ccccc3)C(O)CN(CC(C)C)S(=O)(=O)c3ccc(Cl)c(N)c3)C(C)(C)C)C2=O)cs1. The zero-order valence-electron chi connectivity index (χ0n) is 29.5. The number of anilines is 1. The number of nitrogens with one attached hydrogen (secondary N) is 1.